The van der Waals surface area contributed by atoms with Gasteiger partial charge in [0.1, 0.15) is 5.54 Å². The summed E-state index contributed by atoms with van der Waals surface area (Å²) < 4.78 is 5.21. The van der Waals surface area contributed by atoms with Gasteiger partial charge in [0.05, 0.1) is 18.5 Å². The molecule has 2 N–H and O–H groups in total. The van der Waals surface area contributed by atoms with Crippen LogP contribution < -0.4 is 10.1 Å². The molecular formula is C14H21N3O4. The highest BCUT2D eigenvalue weighted by Gasteiger charge is 2.36. The number of carboxylic acids is 1. The SMILES string of the molecule is CCOc1ccc(NC(=O)N(CC)C(C)(C)C(=O)O)cn1. The molecule has 0 atom stereocenters. The summed E-state index contributed by atoms with van der Waals surface area (Å²) in [6.45, 7) is 7.32. The molecular weight excluding hydrogens is 274 g/mol. The molecule has 116 valence electrons. The lowest BCUT2D eigenvalue weighted by Crippen LogP contribution is -2.54. The van der Waals surface area contributed by atoms with Crippen molar-refractivity contribution in [3.63, 3.8) is 0 Å². The minimum absolute atomic E-state index is 0.273. The van der Waals surface area contributed by atoms with E-state index in [9.17, 15) is 14.7 Å². The highest BCUT2D eigenvalue weighted by Crippen LogP contribution is 2.17. The smallest absolute Gasteiger partial charge is 0.329 e. The quantitative estimate of drug-likeness (QED) is 0.839. The zero-order chi connectivity index (χ0) is 16.0. The average molecular weight is 295 g/mol. The fourth-order valence-electron chi connectivity index (χ4n) is 1.79. The maximum absolute atomic E-state index is 12.2. The number of urea groups is 1. The van der Waals surface area contributed by atoms with Gasteiger partial charge in [-0.1, -0.05) is 0 Å². The van der Waals surface area contributed by atoms with Gasteiger partial charge < -0.3 is 20.1 Å². The van der Waals surface area contributed by atoms with Gasteiger partial charge in [-0.25, -0.2) is 14.6 Å². The summed E-state index contributed by atoms with van der Waals surface area (Å²) in [4.78, 5) is 28.7. The number of aliphatic carboxylic acids is 1. The van der Waals surface area contributed by atoms with Gasteiger partial charge in [0, 0.05) is 12.6 Å². The lowest BCUT2D eigenvalue weighted by atomic mass is 10.0. The number of carboxylic acid groups (broad SMARTS) is 1. The zero-order valence-corrected chi connectivity index (χ0v) is 12.7. The van der Waals surface area contributed by atoms with E-state index in [1.165, 1.54) is 24.9 Å². The normalized spacial score (nSPS) is 10.9. The van der Waals surface area contributed by atoms with Gasteiger partial charge in [-0.3, -0.25) is 0 Å². The van der Waals surface area contributed by atoms with Gasteiger partial charge in [-0.2, -0.15) is 0 Å². The minimum atomic E-state index is -1.29. The number of anilines is 1. The van der Waals surface area contributed by atoms with Gasteiger partial charge in [0.25, 0.3) is 0 Å². The molecule has 0 saturated heterocycles. The third-order valence-electron chi connectivity index (χ3n) is 3.04. The maximum Gasteiger partial charge on any atom is 0.329 e. The van der Waals surface area contributed by atoms with Crippen LogP contribution in [0.25, 0.3) is 0 Å². The maximum atomic E-state index is 12.2. The van der Waals surface area contributed by atoms with Crippen molar-refractivity contribution in [3.05, 3.63) is 18.3 Å². The van der Waals surface area contributed by atoms with E-state index in [1.54, 1.807) is 19.1 Å². The van der Waals surface area contributed by atoms with Crippen LogP contribution in [0, 0.1) is 0 Å². The summed E-state index contributed by atoms with van der Waals surface area (Å²) in [5, 5.41) is 11.8. The lowest BCUT2D eigenvalue weighted by molar-refractivity contribution is -0.147. The molecule has 0 aliphatic heterocycles. The second-order valence-electron chi connectivity index (χ2n) is 4.86. The van der Waals surface area contributed by atoms with Gasteiger partial charge in [0.15, 0.2) is 0 Å². The topological polar surface area (TPSA) is 91.8 Å². The van der Waals surface area contributed by atoms with Crippen LogP contribution in [0.3, 0.4) is 0 Å². The highest BCUT2D eigenvalue weighted by molar-refractivity contribution is 5.93. The molecule has 0 aliphatic carbocycles. The first-order valence-corrected chi connectivity index (χ1v) is 6.73. The standard InChI is InChI=1S/C14H21N3O4/c1-5-17(14(3,4)12(18)19)13(20)16-10-7-8-11(15-9-10)21-6-2/h7-9H,5-6H2,1-4H3,(H,16,20)(H,18,19). The van der Waals surface area contributed by atoms with E-state index < -0.39 is 17.5 Å². The molecule has 0 radical (unpaired) electrons. The third kappa shape index (κ3) is 4.08. The highest BCUT2D eigenvalue weighted by atomic mass is 16.5. The van der Waals surface area contributed by atoms with Crippen LogP contribution in [0.4, 0.5) is 10.5 Å². The number of carbonyl (C=O) groups is 2. The second-order valence-corrected chi connectivity index (χ2v) is 4.86. The van der Waals surface area contributed by atoms with Crippen molar-refractivity contribution in [2.45, 2.75) is 33.2 Å². The molecule has 0 bridgehead atoms. The Morgan fingerprint density at radius 1 is 1.38 bits per heavy atom. The minimum Gasteiger partial charge on any atom is -0.480 e. The van der Waals surface area contributed by atoms with Crippen molar-refractivity contribution >= 4 is 17.7 Å². The first-order valence-electron chi connectivity index (χ1n) is 6.73. The Bertz CT molecular complexity index is 499. The van der Waals surface area contributed by atoms with Crippen LogP contribution in [0.2, 0.25) is 0 Å². The number of nitrogens with zero attached hydrogens (tertiary/aromatic N) is 2. The average Bonchev–Trinajstić information content (AvgIpc) is 2.41. The molecule has 0 aliphatic rings. The summed E-state index contributed by atoms with van der Waals surface area (Å²) in [7, 11) is 0. The van der Waals surface area contributed by atoms with Crippen LogP contribution in [-0.2, 0) is 4.79 Å². The Hall–Kier alpha value is -2.31. The molecule has 1 aromatic rings. The second kappa shape index (κ2) is 6.92. The fourth-order valence-corrected chi connectivity index (χ4v) is 1.79. The number of aromatic nitrogens is 1. The predicted octanol–water partition coefficient (Wildman–Crippen LogP) is 2.20. The molecule has 1 heterocycles. The monoisotopic (exact) mass is 295 g/mol. The molecule has 7 nitrogen and oxygen atoms in total. The van der Waals surface area contributed by atoms with Crippen LogP contribution in [-0.4, -0.2) is 45.7 Å². The Morgan fingerprint density at radius 3 is 2.48 bits per heavy atom. The molecule has 0 fully saturated rings. The van der Waals surface area contributed by atoms with Gasteiger partial charge >= 0.3 is 12.0 Å². The van der Waals surface area contributed by atoms with Crippen LogP contribution in [0.1, 0.15) is 27.7 Å². The molecule has 21 heavy (non-hydrogen) atoms. The van der Waals surface area contributed by atoms with Crippen molar-refractivity contribution in [1.29, 1.82) is 0 Å². The molecule has 0 saturated carbocycles. The van der Waals surface area contributed by atoms with Gasteiger partial charge in [0.2, 0.25) is 5.88 Å². The van der Waals surface area contributed by atoms with Gasteiger partial charge in [-0.15, -0.1) is 0 Å². The molecule has 0 unspecified atom stereocenters. The van der Waals surface area contributed by atoms with Gasteiger partial charge in [-0.05, 0) is 33.8 Å². The van der Waals surface area contributed by atoms with E-state index in [0.29, 0.717) is 18.2 Å². The Kier molecular flexibility index (Phi) is 5.52. The Morgan fingerprint density at radius 2 is 2.05 bits per heavy atom. The van der Waals surface area contributed by atoms with E-state index in [2.05, 4.69) is 10.3 Å². The number of carbonyl (C=O) groups excluding carboxylic acids is 1. The molecule has 0 spiro atoms. The fraction of sp³-hybridized carbons (Fsp3) is 0.500. The summed E-state index contributed by atoms with van der Waals surface area (Å²) in [6, 6.07) is 2.80. The zero-order valence-electron chi connectivity index (χ0n) is 12.7. The number of pyridine rings is 1. The summed E-state index contributed by atoms with van der Waals surface area (Å²) in [5.41, 5.74) is -0.819. The largest absolute Gasteiger partial charge is 0.480 e. The van der Waals surface area contributed by atoms with Crippen molar-refractivity contribution in [1.82, 2.24) is 9.88 Å². The molecule has 2 amide bonds. The number of hydrogen-bond acceptors (Lipinski definition) is 4. The van der Waals surface area contributed by atoms with E-state index in [-0.39, 0.29) is 6.54 Å². The Labute approximate surface area is 123 Å². The summed E-state index contributed by atoms with van der Waals surface area (Å²) >= 11 is 0. The molecule has 0 aromatic carbocycles. The first kappa shape index (κ1) is 16.7. The first-order chi connectivity index (χ1) is 9.82. The third-order valence-corrected chi connectivity index (χ3v) is 3.04. The number of ether oxygens (including phenoxy) is 1. The van der Waals surface area contributed by atoms with E-state index in [1.807, 2.05) is 6.92 Å². The van der Waals surface area contributed by atoms with Crippen molar-refractivity contribution in [2.24, 2.45) is 0 Å². The van der Waals surface area contributed by atoms with E-state index >= 15 is 0 Å². The summed E-state index contributed by atoms with van der Waals surface area (Å²) in [6.07, 6.45) is 1.46. The van der Waals surface area contributed by atoms with Crippen molar-refractivity contribution in [3.8, 4) is 5.88 Å². The van der Waals surface area contributed by atoms with Crippen LogP contribution >= 0.6 is 0 Å². The van der Waals surface area contributed by atoms with Crippen LogP contribution in [0.5, 0.6) is 5.88 Å². The number of nitrogens with one attached hydrogen (secondary N) is 1. The predicted molar refractivity (Wildman–Crippen MR) is 78.5 cm³/mol. The number of rotatable bonds is 6. The van der Waals surface area contributed by atoms with E-state index in [0.717, 1.165) is 0 Å². The van der Waals surface area contributed by atoms with E-state index in [4.69, 9.17) is 4.74 Å². The number of likely N-dealkylation sites (N-methyl/N-ethyl adjacent to an activating group) is 1. The molecule has 7 heteroatoms. The summed E-state index contributed by atoms with van der Waals surface area (Å²) in [5.74, 6) is -0.599. The van der Waals surface area contributed by atoms with Crippen molar-refractivity contribution < 1.29 is 19.4 Å². The number of amides is 2. The molecule has 1 aromatic heterocycles. The van der Waals surface area contributed by atoms with Crippen LogP contribution in [0.15, 0.2) is 18.3 Å². The lowest BCUT2D eigenvalue weighted by Gasteiger charge is -2.34. The Balaban J connectivity index is 2.81. The number of hydrogen-bond donors (Lipinski definition) is 2. The van der Waals surface area contributed by atoms with Crippen molar-refractivity contribution in [2.75, 3.05) is 18.5 Å². The molecule has 1 rings (SSSR count).